The van der Waals surface area contributed by atoms with Crippen molar-refractivity contribution >= 4 is 17.3 Å². The largest absolute Gasteiger partial charge is 0.491 e. The Morgan fingerprint density at radius 1 is 0.931 bits per heavy atom. The van der Waals surface area contributed by atoms with Gasteiger partial charge >= 0.3 is 0 Å². The summed E-state index contributed by atoms with van der Waals surface area (Å²) in [6.07, 6.45) is -1.39. The van der Waals surface area contributed by atoms with E-state index >= 15 is 0 Å². The highest BCUT2D eigenvalue weighted by atomic mass is 35.5. The van der Waals surface area contributed by atoms with E-state index in [-0.39, 0.29) is 31.1 Å². The predicted molar refractivity (Wildman–Crippen MR) is 115 cm³/mol. The lowest BCUT2D eigenvalue weighted by molar-refractivity contribution is 0.0325. The molecule has 0 amide bonds. The highest BCUT2D eigenvalue weighted by molar-refractivity contribution is 6.18. The molecule has 0 saturated heterocycles. The van der Waals surface area contributed by atoms with Crippen LogP contribution in [0.15, 0.2) is 42.5 Å². The molecule has 2 rings (SSSR count). The fourth-order valence-electron chi connectivity index (χ4n) is 2.87. The summed E-state index contributed by atoms with van der Waals surface area (Å²) in [5.41, 5.74) is 8.48. The van der Waals surface area contributed by atoms with Crippen LogP contribution in [0.2, 0.25) is 0 Å². The summed E-state index contributed by atoms with van der Waals surface area (Å²) in [5, 5.41) is 19.2. The summed E-state index contributed by atoms with van der Waals surface area (Å²) in [7, 11) is 1.54. The minimum Gasteiger partial charge on any atom is -0.491 e. The van der Waals surface area contributed by atoms with Crippen LogP contribution in [0.3, 0.4) is 0 Å². The van der Waals surface area contributed by atoms with Crippen LogP contribution in [-0.4, -0.2) is 55.2 Å². The maximum atomic E-state index is 9.68. The molecule has 2 aromatic carbocycles. The van der Waals surface area contributed by atoms with Gasteiger partial charge in [0, 0.05) is 12.5 Å². The van der Waals surface area contributed by atoms with E-state index in [2.05, 4.69) is 13.8 Å². The molecule has 4 N–H and O–H groups in total. The van der Waals surface area contributed by atoms with Crippen molar-refractivity contribution in [3.8, 4) is 11.5 Å². The Labute approximate surface area is 177 Å². The molecule has 2 atom stereocenters. The maximum absolute atomic E-state index is 9.68. The molecule has 0 aliphatic rings. The Bertz CT molecular complexity index is 766. The lowest BCUT2D eigenvalue weighted by atomic mass is 9.78. The van der Waals surface area contributed by atoms with Gasteiger partial charge in [0.15, 0.2) is 0 Å². The van der Waals surface area contributed by atoms with Gasteiger partial charge in [-0.1, -0.05) is 32.0 Å². The van der Waals surface area contributed by atoms with Crippen LogP contribution < -0.4 is 15.2 Å². The number of aliphatic hydroxyl groups excluding tert-OH is 2. The number of nitrogen functional groups attached to an aromatic ring is 1. The molecule has 2 unspecified atom stereocenters. The van der Waals surface area contributed by atoms with E-state index < -0.39 is 12.2 Å². The van der Waals surface area contributed by atoms with E-state index in [1.54, 1.807) is 0 Å². The first-order chi connectivity index (χ1) is 13.8. The third-order valence-corrected chi connectivity index (χ3v) is 5.07. The van der Waals surface area contributed by atoms with Gasteiger partial charge in [-0.25, -0.2) is 0 Å². The number of anilines is 1. The Balaban J connectivity index is 2.08. The zero-order valence-corrected chi connectivity index (χ0v) is 17.9. The van der Waals surface area contributed by atoms with Gasteiger partial charge in [0.2, 0.25) is 0 Å². The van der Waals surface area contributed by atoms with Crippen LogP contribution in [0.25, 0.3) is 0 Å². The number of benzene rings is 2. The van der Waals surface area contributed by atoms with Crippen molar-refractivity contribution < 1.29 is 24.4 Å². The van der Waals surface area contributed by atoms with Crippen molar-refractivity contribution in [2.45, 2.75) is 31.5 Å². The summed E-state index contributed by atoms with van der Waals surface area (Å²) < 4.78 is 16.0. The molecule has 160 valence electrons. The molecule has 29 heavy (non-hydrogen) atoms. The molecular weight excluding hydrogens is 394 g/mol. The number of methoxy groups -OCH3 is 1. The molecule has 0 heterocycles. The van der Waals surface area contributed by atoms with Gasteiger partial charge in [0.05, 0.1) is 18.2 Å². The molecule has 6 nitrogen and oxygen atoms in total. The zero-order valence-electron chi connectivity index (χ0n) is 17.1. The summed E-state index contributed by atoms with van der Waals surface area (Å²) in [4.78, 5) is 0. The van der Waals surface area contributed by atoms with Gasteiger partial charge in [-0.15, -0.1) is 11.6 Å². The average molecular weight is 424 g/mol. The van der Waals surface area contributed by atoms with Gasteiger partial charge in [0.25, 0.3) is 0 Å². The van der Waals surface area contributed by atoms with Crippen molar-refractivity contribution in [1.82, 2.24) is 0 Å². The molecule has 0 bridgehead atoms. The van der Waals surface area contributed by atoms with Crippen LogP contribution >= 0.6 is 11.6 Å². The van der Waals surface area contributed by atoms with E-state index in [9.17, 15) is 10.2 Å². The van der Waals surface area contributed by atoms with Crippen LogP contribution in [0.5, 0.6) is 11.5 Å². The molecular formula is C22H30ClNO5. The minimum atomic E-state index is -0.733. The first-order valence-corrected chi connectivity index (χ1v) is 9.98. The van der Waals surface area contributed by atoms with Gasteiger partial charge in [-0.2, -0.15) is 0 Å². The molecule has 7 heteroatoms. The number of hydrogen-bond acceptors (Lipinski definition) is 6. The van der Waals surface area contributed by atoms with Gasteiger partial charge in [0.1, 0.15) is 36.9 Å². The van der Waals surface area contributed by atoms with E-state index in [1.807, 2.05) is 42.5 Å². The van der Waals surface area contributed by atoms with Crippen molar-refractivity contribution in [1.29, 1.82) is 0 Å². The second-order valence-corrected chi connectivity index (χ2v) is 7.75. The number of rotatable bonds is 11. The fourth-order valence-corrected chi connectivity index (χ4v) is 2.96. The Morgan fingerprint density at radius 3 is 2.14 bits per heavy atom. The second-order valence-electron chi connectivity index (χ2n) is 7.44. The Kier molecular flexibility index (Phi) is 8.59. The van der Waals surface area contributed by atoms with Crippen molar-refractivity contribution in [2.75, 3.05) is 38.5 Å². The number of alkyl halides is 1. The van der Waals surface area contributed by atoms with Crippen LogP contribution in [-0.2, 0) is 10.2 Å². The summed E-state index contributed by atoms with van der Waals surface area (Å²) >= 11 is 5.58. The van der Waals surface area contributed by atoms with E-state index in [4.69, 9.17) is 31.5 Å². The maximum Gasteiger partial charge on any atom is 0.142 e. The predicted octanol–water partition coefficient (Wildman–Crippen LogP) is 2.96. The van der Waals surface area contributed by atoms with Crippen molar-refractivity contribution in [3.63, 3.8) is 0 Å². The SMILES string of the molecule is COCC(O)COc1ccc(C(C)(C)c2ccc(OCC(O)CCl)c(N)c2)cc1. The van der Waals surface area contributed by atoms with E-state index in [1.165, 1.54) is 7.11 Å². The molecule has 0 spiro atoms. The van der Waals surface area contributed by atoms with Crippen molar-refractivity contribution in [3.05, 3.63) is 53.6 Å². The summed E-state index contributed by atoms with van der Waals surface area (Å²) in [6.45, 7) is 4.72. The lowest BCUT2D eigenvalue weighted by Gasteiger charge is -2.27. The number of hydrogen-bond donors (Lipinski definition) is 3. The molecule has 0 aliphatic carbocycles. The first-order valence-electron chi connectivity index (χ1n) is 9.45. The lowest BCUT2D eigenvalue weighted by Crippen LogP contribution is -2.23. The average Bonchev–Trinajstić information content (AvgIpc) is 2.71. The monoisotopic (exact) mass is 423 g/mol. The molecule has 2 aromatic rings. The Morgan fingerprint density at radius 2 is 1.55 bits per heavy atom. The zero-order chi connectivity index (χ0) is 21.4. The number of halogens is 1. The molecule has 0 aromatic heterocycles. The van der Waals surface area contributed by atoms with E-state index in [0.29, 0.717) is 17.2 Å². The first kappa shape index (κ1) is 23.3. The van der Waals surface area contributed by atoms with Gasteiger partial charge in [-0.3, -0.25) is 0 Å². The second kappa shape index (κ2) is 10.7. The minimum absolute atomic E-state index is 0.0942. The van der Waals surface area contributed by atoms with Crippen molar-refractivity contribution in [2.24, 2.45) is 0 Å². The number of aliphatic hydroxyl groups is 2. The normalized spacial score (nSPS) is 13.7. The highest BCUT2D eigenvalue weighted by Crippen LogP contribution is 2.35. The third-order valence-electron chi connectivity index (χ3n) is 4.72. The standard InChI is InChI=1S/C22H30ClNO5/c1-22(2,15-4-7-19(8-5-15)28-14-18(26)12-27-3)16-6-9-21(20(24)10-16)29-13-17(25)11-23/h4-10,17-18,25-26H,11-14,24H2,1-3H3. The Hall–Kier alpha value is -1.99. The fraction of sp³-hybridized carbons (Fsp3) is 0.455. The van der Waals surface area contributed by atoms with Gasteiger partial charge in [-0.05, 0) is 35.4 Å². The molecule has 0 fully saturated rings. The van der Waals surface area contributed by atoms with Crippen LogP contribution in [0, 0.1) is 0 Å². The van der Waals surface area contributed by atoms with Crippen LogP contribution in [0.1, 0.15) is 25.0 Å². The summed E-state index contributed by atoms with van der Waals surface area (Å²) in [6, 6.07) is 13.4. The molecule has 0 aliphatic heterocycles. The van der Waals surface area contributed by atoms with Gasteiger partial charge < -0.3 is 30.2 Å². The van der Waals surface area contributed by atoms with E-state index in [0.717, 1.165) is 11.1 Å². The molecule has 0 radical (unpaired) electrons. The highest BCUT2D eigenvalue weighted by Gasteiger charge is 2.24. The summed E-state index contributed by atoms with van der Waals surface area (Å²) in [5.74, 6) is 1.31. The smallest absolute Gasteiger partial charge is 0.142 e. The quantitative estimate of drug-likeness (QED) is 0.380. The topological polar surface area (TPSA) is 94.2 Å². The number of nitrogens with two attached hydrogens (primary N) is 1. The third kappa shape index (κ3) is 6.51. The van der Waals surface area contributed by atoms with Crippen LogP contribution in [0.4, 0.5) is 5.69 Å². The molecule has 0 saturated carbocycles. The number of ether oxygens (including phenoxy) is 3.